The zero-order valence-corrected chi connectivity index (χ0v) is 20.5. The molecule has 0 saturated heterocycles. The van der Waals surface area contributed by atoms with Gasteiger partial charge in [0.15, 0.2) is 5.78 Å². The van der Waals surface area contributed by atoms with E-state index in [0.717, 1.165) is 28.2 Å². The lowest BCUT2D eigenvalue weighted by Gasteiger charge is -2.28. The van der Waals surface area contributed by atoms with Crippen molar-refractivity contribution in [1.82, 2.24) is 14.7 Å². The second-order valence-corrected chi connectivity index (χ2v) is 8.75. The highest BCUT2D eigenvalue weighted by atomic mass is 16.2. The number of aromatic nitrogens is 2. The molecule has 0 fully saturated rings. The molecule has 0 saturated carbocycles. The van der Waals surface area contributed by atoms with E-state index in [1.54, 1.807) is 24.3 Å². The number of likely N-dealkylation sites (N-methyl/N-ethyl adjacent to an activating group) is 1. The molecule has 1 heterocycles. The SMILES string of the molecule is CC(=O)c1cccc(NC(=O)[C@H](c2ccccc2)N(C)Cc2c(C)nn(-c3ccccc3)c2C)c1. The molecular weight excluding hydrogens is 436 g/mol. The topological polar surface area (TPSA) is 67.2 Å². The minimum atomic E-state index is -0.531. The zero-order chi connectivity index (χ0) is 24.9. The van der Waals surface area contributed by atoms with Gasteiger partial charge in [0, 0.05) is 29.1 Å². The van der Waals surface area contributed by atoms with Gasteiger partial charge in [-0.2, -0.15) is 5.10 Å². The largest absolute Gasteiger partial charge is 0.324 e. The molecule has 4 aromatic rings. The monoisotopic (exact) mass is 466 g/mol. The van der Waals surface area contributed by atoms with E-state index >= 15 is 0 Å². The Kier molecular flexibility index (Phi) is 7.22. The Morgan fingerprint density at radius 1 is 0.943 bits per heavy atom. The first-order valence-electron chi connectivity index (χ1n) is 11.6. The van der Waals surface area contributed by atoms with Crippen LogP contribution in [-0.4, -0.2) is 33.4 Å². The molecule has 0 radical (unpaired) electrons. The van der Waals surface area contributed by atoms with E-state index < -0.39 is 6.04 Å². The predicted molar refractivity (Wildman–Crippen MR) is 139 cm³/mol. The average Bonchev–Trinajstić information content (AvgIpc) is 3.14. The van der Waals surface area contributed by atoms with Crippen LogP contribution in [0.15, 0.2) is 84.9 Å². The summed E-state index contributed by atoms with van der Waals surface area (Å²) in [6.45, 7) is 6.12. The molecule has 0 aliphatic heterocycles. The van der Waals surface area contributed by atoms with Crippen molar-refractivity contribution >= 4 is 17.4 Å². The Balaban J connectivity index is 1.63. The highest BCUT2D eigenvalue weighted by Crippen LogP contribution is 2.26. The molecule has 1 N–H and O–H groups in total. The van der Waals surface area contributed by atoms with Crippen LogP contribution >= 0.6 is 0 Å². The molecule has 3 aromatic carbocycles. The number of carbonyl (C=O) groups excluding carboxylic acids is 2. The number of nitrogens with one attached hydrogen (secondary N) is 1. The van der Waals surface area contributed by atoms with Gasteiger partial charge in [0.1, 0.15) is 6.04 Å². The van der Waals surface area contributed by atoms with Crippen molar-refractivity contribution in [2.75, 3.05) is 12.4 Å². The third kappa shape index (κ3) is 5.39. The standard InChI is InChI=1S/C29H30N4O2/c1-20-27(21(2)33(31-20)26-16-9-6-10-17-26)19-32(4)28(23-12-7-5-8-13-23)29(35)30-25-15-11-14-24(18-25)22(3)34/h5-18,28H,19H2,1-4H3,(H,30,35)/t28-/m0/s1. The molecule has 0 bridgehead atoms. The van der Waals surface area contributed by atoms with Crippen molar-refractivity contribution in [1.29, 1.82) is 0 Å². The number of benzene rings is 3. The summed E-state index contributed by atoms with van der Waals surface area (Å²) in [4.78, 5) is 27.4. The summed E-state index contributed by atoms with van der Waals surface area (Å²) in [5.74, 6) is -0.204. The van der Waals surface area contributed by atoms with Gasteiger partial charge in [0.2, 0.25) is 5.91 Å². The van der Waals surface area contributed by atoms with Gasteiger partial charge >= 0.3 is 0 Å². The number of aryl methyl sites for hydroxylation is 1. The maximum atomic E-state index is 13.6. The fourth-order valence-corrected chi connectivity index (χ4v) is 4.33. The Bertz CT molecular complexity index is 1330. The number of Topliss-reactive ketones (excluding diaryl/α,β-unsaturated/α-hetero) is 1. The summed E-state index contributed by atoms with van der Waals surface area (Å²) < 4.78 is 1.95. The van der Waals surface area contributed by atoms with E-state index in [1.165, 1.54) is 6.92 Å². The normalized spacial score (nSPS) is 11.9. The van der Waals surface area contributed by atoms with E-state index in [9.17, 15) is 9.59 Å². The highest BCUT2D eigenvalue weighted by molar-refractivity contribution is 5.98. The van der Waals surface area contributed by atoms with Crippen molar-refractivity contribution < 1.29 is 9.59 Å². The fraction of sp³-hybridized carbons (Fsp3) is 0.207. The number of anilines is 1. The first-order valence-corrected chi connectivity index (χ1v) is 11.6. The quantitative estimate of drug-likeness (QED) is 0.348. The lowest BCUT2D eigenvalue weighted by Crippen LogP contribution is -2.34. The van der Waals surface area contributed by atoms with Gasteiger partial charge in [-0.25, -0.2) is 4.68 Å². The van der Waals surface area contributed by atoms with Gasteiger partial charge < -0.3 is 5.32 Å². The molecule has 0 aliphatic rings. The van der Waals surface area contributed by atoms with Crippen LogP contribution in [0.5, 0.6) is 0 Å². The number of rotatable bonds is 8. The van der Waals surface area contributed by atoms with Gasteiger partial charge in [-0.05, 0) is 57.6 Å². The number of ketones is 1. The lowest BCUT2D eigenvalue weighted by molar-refractivity contribution is -0.121. The second-order valence-electron chi connectivity index (χ2n) is 8.75. The molecule has 0 aliphatic carbocycles. The number of hydrogen-bond donors (Lipinski definition) is 1. The van der Waals surface area contributed by atoms with Gasteiger partial charge in [-0.3, -0.25) is 14.5 Å². The van der Waals surface area contributed by atoms with E-state index in [1.807, 2.05) is 84.2 Å². The molecule has 6 nitrogen and oxygen atoms in total. The molecule has 1 amide bonds. The minimum absolute atomic E-state index is 0.0424. The van der Waals surface area contributed by atoms with Crippen LogP contribution in [0.3, 0.4) is 0 Å². The van der Waals surface area contributed by atoms with Crippen LogP contribution in [0.25, 0.3) is 5.69 Å². The van der Waals surface area contributed by atoms with Crippen LogP contribution in [-0.2, 0) is 11.3 Å². The minimum Gasteiger partial charge on any atom is -0.324 e. The van der Waals surface area contributed by atoms with Crippen LogP contribution in [0, 0.1) is 13.8 Å². The maximum absolute atomic E-state index is 13.6. The summed E-state index contributed by atoms with van der Waals surface area (Å²) in [5, 5.41) is 7.77. The van der Waals surface area contributed by atoms with E-state index in [0.29, 0.717) is 17.8 Å². The zero-order valence-electron chi connectivity index (χ0n) is 20.5. The smallest absolute Gasteiger partial charge is 0.246 e. The first-order chi connectivity index (χ1) is 16.8. The van der Waals surface area contributed by atoms with Crippen molar-refractivity contribution in [2.45, 2.75) is 33.4 Å². The van der Waals surface area contributed by atoms with E-state index in [2.05, 4.69) is 12.2 Å². The van der Waals surface area contributed by atoms with Gasteiger partial charge in [-0.15, -0.1) is 0 Å². The van der Waals surface area contributed by atoms with Gasteiger partial charge in [0.05, 0.1) is 11.4 Å². The number of nitrogens with zero attached hydrogens (tertiary/aromatic N) is 3. The molecule has 6 heteroatoms. The molecule has 178 valence electrons. The Morgan fingerprint density at radius 3 is 2.26 bits per heavy atom. The number of hydrogen-bond acceptors (Lipinski definition) is 4. The number of para-hydroxylation sites is 1. The van der Waals surface area contributed by atoms with Crippen LogP contribution < -0.4 is 5.32 Å². The van der Waals surface area contributed by atoms with Gasteiger partial charge in [0.25, 0.3) is 0 Å². The van der Waals surface area contributed by atoms with Crippen LogP contribution in [0.2, 0.25) is 0 Å². The van der Waals surface area contributed by atoms with Gasteiger partial charge in [-0.1, -0.05) is 60.7 Å². The van der Waals surface area contributed by atoms with E-state index in [-0.39, 0.29) is 11.7 Å². The molecule has 0 spiro atoms. The summed E-state index contributed by atoms with van der Waals surface area (Å²) in [7, 11) is 1.95. The molecular formula is C29H30N4O2. The van der Waals surface area contributed by atoms with Crippen molar-refractivity contribution in [3.63, 3.8) is 0 Å². The number of carbonyl (C=O) groups is 2. The third-order valence-corrected chi connectivity index (χ3v) is 6.19. The Labute approximate surface area is 206 Å². The average molecular weight is 467 g/mol. The van der Waals surface area contributed by atoms with Crippen molar-refractivity contribution in [3.8, 4) is 5.69 Å². The molecule has 1 atom stereocenters. The molecule has 4 rings (SSSR count). The van der Waals surface area contributed by atoms with Crippen LogP contribution in [0.4, 0.5) is 5.69 Å². The summed E-state index contributed by atoms with van der Waals surface area (Å²) in [5.41, 5.74) is 6.11. The Morgan fingerprint density at radius 2 is 1.60 bits per heavy atom. The second kappa shape index (κ2) is 10.5. The van der Waals surface area contributed by atoms with E-state index in [4.69, 9.17) is 5.10 Å². The predicted octanol–water partition coefficient (Wildman–Crippen LogP) is 5.50. The highest BCUT2D eigenvalue weighted by Gasteiger charge is 2.27. The number of amides is 1. The first kappa shape index (κ1) is 24.1. The fourth-order valence-electron chi connectivity index (χ4n) is 4.33. The maximum Gasteiger partial charge on any atom is 0.246 e. The summed E-state index contributed by atoms with van der Waals surface area (Å²) >= 11 is 0. The Hall–Kier alpha value is -4.03. The molecule has 1 aromatic heterocycles. The van der Waals surface area contributed by atoms with Crippen molar-refractivity contribution in [3.05, 3.63) is 113 Å². The summed E-state index contributed by atoms with van der Waals surface area (Å²) in [6, 6.07) is 26.3. The van der Waals surface area contributed by atoms with Crippen LogP contribution in [0.1, 0.15) is 45.8 Å². The third-order valence-electron chi connectivity index (χ3n) is 6.19. The molecule has 0 unspecified atom stereocenters. The molecule has 35 heavy (non-hydrogen) atoms. The summed E-state index contributed by atoms with van der Waals surface area (Å²) in [6.07, 6.45) is 0. The van der Waals surface area contributed by atoms with Crippen molar-refractivity contribution in [2.24, 2.45) is 0 Å². The lowest BCUT2D eigenvalue weighted by atomic mass is 10.0.